The average Bonchev–Trinajstić information content (AvgIpc) is 3.21. The summed E-state index contributed by atoms with van der Waals surface area (Å²) in [7, 11) is 0. The number of aromatic nitrogens is 2. The fourth-order valence-electron chi connectivity index (χ4n) is 4.26. The monoisotopic (exact) mass is 418 g/mol. The summed E-state index contributed by atoms with van der Waals surface area (Å²) in [6.45, 7) is 9.15. The van der Waals surface area contributed by atoms with Gasteiger partial charge in [0.1, 0.15) is 0 Å². The molecule has 31 heavy (non-hydrogen) atoms. The van der Waals surface area contributed by atoms with Crippen LogP contribution in [0.4, 0.5) is 0 Å². The van der Waals surface area contributed by atoms with E-state index in [1.807, 2.05) is 10.7 Å². The number of aliphatic hydroxyl groups is 1. The molecule has 1 aromatic heterocycles. The minimum absolute atomic E-state index is 0.0978. The van der Waals surface area contributed by atoms with Gasteiger partial charge < -0.3 is 15.3 Å². The Hall–Kier alpha value is -2.47. The van der Waals surface area contributed by atoms with Crippen LogP contribution in [0.5, 0.6) is 0 Å². The van der Waals surface area contributed by atoms with Crippen molar-refractivity contribution in [3.05, 3.63) is 71.4 Å². The highest BCUT2D eigenvalue weighted by Crippen LogP contribution is 2.25. The molecular weight excluding hydrogens is 384 g/mol. The maximum atomic E-state index is 9.65. The van der Waals surface area contributed by atoms with Crippen LogP contribution in [-0.4, -0.2) is 52.1 Å². The number of nitrogens with zero attached hydrogens (tertiary/aromatic N) is 3. The van der Waals surface area contributed by atoms with Crippen LogP contribution in [0.2, 0.25) is 0 Å². The molecule has 5 nitrogen and oxygen atoms in total. The van der Waals surface area contributed by atoms with Crippen molar-refractivity contribution < 1.29 is 5.11 Å². The Bertz CT molecular complexity index is 974. The van der Waals surface area contributed by atoms with E-state index in [9.17, 15) is 5.11 Å². The first kappa shape index (κ1) is 21.8. The lowest BCUT2D eigenvalue weighted by Crippen LogP contribution is -2.37. The summed E-state index contributed by atoms with van der Waals surface area (Å²) in [5.41, 5.74) is 7.00. The topological polar surface area (TPSA) is 53.3 Å². The summed E-state index contributed by atoms with van der Waals surface area (Å²) in [6, 6.07) is 16.9. The van der Waals surface area contributed by atoms with E-state index in [4.69, 9.17) is 5.10 Å². The Morgan fingerprint density at radius 3 is 2.61 bits per heavy atom. The van der Waals surface area contributed by atoms with Crippen molar-refractivity contribution in [2.75, 3.05) is 26.2 Å². The Labute approximate surface area is 185 Å². The first-order valence-corrected chi connectivity index (χ1v) is 11.4. The molecule has 0 radical (unpaired) electrons. The van der Waals surface area contributed by atoms with Gasteiger partial charge in [0.25, 0.3) is 0 Å². The van der Waals surface area contributed by atoms with Crippen molar-refractivity contribution in [2.24, 2.45) is 0 Å². The highest BCUT2D eigenvalue weighted by Gasteiger charge is 2.16. The van der Waals surface area contributed by atoms with Crippen LogP contribution in [0.1, 0.15) is 36.0 Å². The molecule has 3 aromatic rings. The fourth-order valence-corrected chi connectivity index (χ4v) is 4.26. The number of hydrogen-bond donors (Lipinski definition) is 2. The molecule has 0 unspecified atom stereocenters. The summed E-state index contributed by atoms with van der Waals surface area (Å²) < 4.78 is 2.03. The molecule has 2 N–H and O–H groups in total. The van der Waals surface area contributed by atoms with Gasteiger partial charge in [-0.3, -0.25) is 0 Å². The Balaban J connectivity index is 1.43. The molecule has 1 aliphatic rings. The van der Waals surface area contributed by atoms with Gasteiger partial charge >= 0.3 is 0 Å². The van der Waals surface area contributed by atoms with Crippen molar-refractivity contribution in [3.63, 3.8) is 0 Å². The molecule has 1 saturated heterocycles. The maximum Gasteiger partial charge on any atom is 0.0972 e. The molecule has 2 heterocycles. The lowest BCUT2D eigenvalue weighted by atomic mass is 10.1. The lowest BCUT2D eigenvalue weighted by Gasteiger charge is -2.29. The third-order valence-electron chi connectivity index (χ3n) is 6.15. The number of aliphatic hydroxyl groups excluding tert-OH is 1. The van der Waals surface area contributed by atoms with E-state index >= 15 is 0 Å². The van der Waals surface area contributed by atoms with Gasteiger partial charge in [-0.2, -0.15) is 5.10 Å². The largest absolute Gasteiger partial charge is 0.393 e. The Morgan fingerprint density at radius 1 is 1.06 bits per heavy atom. The number of rotatable bonds is 8. The van der Waals surface area contributed by atoms with E-state index in [1.54, 1.807) is 0 Å². The molecule has 0 saturated carbocycles. The maximum absolute atomic E-state index is 9.65. The number of hydrogen-bond acceptors (Lipinski definition) is 4. The fraction of sp³-hybridized carbons (Fsp3) is 0.423. The van der Waals surface area contributed by atoms with E-state index in [0.29, 0.717) is 0 Å². The summed E-state index contributed by atoms with van der Waals surface area (Å²) in [4.78, 5) is 2.46. The van der Waals surface area contributed by atoms with Crippen molar-refractivity contribution in [2.45, 2.75) is 45.8 Å². The SMILES string of the molecule is Cc1ccc(C)c(-n2cc(CNCCCN3CCC(O)CC3)c(-c3ccccc3)n2)c1. The molecule has 5 heteroatoms. The second-order valence-corrected chi connectivity index (χ2v) is 8.71. The standard InChI is InChI=1S/C26H34N4O/c1-20-9-10-21(2)25(17-20)30-19-23(26(28-30)22-7-4-3-5-8-22)18-27-13-6-14-29-15-11-24(31)12-16-29/h3-5,7-10,17,19,24,27,31H,6,11-16,18H2,1-2H3. The highest BCUT2D eigenvalue weighted by atomic mass is 16.3. The van der Waals surface area contributed by atoms with Gasteiger partial charge in [0.2, 0.25) is 0 Å². The predicted molar refractivity (Wildman–Crippen MR) is 126 cm³/mol. The number of aryl methyl sites for hydroxylation is 2. The summed E-state index contributed by atoms with van der Waals surface area (Å²) in [5.74, 6) is 0. The van der Waals surface area contributed by atoms with Gasteiger partial charge in [0.05, 0.1) is 17.5 Å². The molecule has 0 aliphatic carbocycles. The van der Waals surface area contributed by atoms with E-state index in [0.717, 1.165) is 68.9 Å². The van der Waals surface area contributed by atoms with Gasteiger partial charge in [-0.05, 0) is 63.4 Å². The van der Waals surface area contributed by atoms with Crippen LogP contribution in [0, 0.1) is 13.8 Å². The van der Waals surface area contributed by atoms with Gasteiger partial charge in [0.15, 0.2) is 0 Å². The zero-order valence-corrected chi connectivity index (χ0v) is 18.7. The second kappa shape index (κ2) is 10.2. The van der Waals surface area contributed by atoms with Crippen molar-refractivity contribution in [1.29, 1.82) is 0 Å². The molecule has 1 aliphatic heterocycles. The molecule has 0 spiro atoms. The molecule has 1 fully saturated rings. The zero-order chi connectivity index (χ0) is 21.6. The lowest BCUT2D eigenvalue weighted by molar-refractivity contribution is 0.0821. The molecule has 2 aromatic carbocycles. The zero-order valence-electron chi connectivity index (χ0n) is 18.7. The van der Waals surface area contributed by atoms with Crippen LogP contribution < -0.4 is 5.32 Å². The summed E-state index contributed by atoms with van der Waals surface area (Å²) in [5, 5.41) is 18.3. The van der Waals surface area contributed by atoms with Gasteiger partial charge in [0, 0.05) is 37.0 Å². The highest BCUT2D eigenvalue weighted by molar-refractivity contribution is 5.63. The number of nitrogens with one attached hydrogen (secondary N) is 1. The first-order chi connectivity index (χ1) is 15.1. The minimum atomic E-state index is -0.0978. The van der Waals surface area contributed by atoms with Crippen molar-refractivity contribution in [1.82, 2.24) is 20.0 Å². The molecule has 164 valence electrons. The molecular formula is C26H34N4O. The summed E-state index contributed by atoms with van der Waals surface area (Å²) in [6.07, 6.45) is 5.00. The van der Waals surface area contributed by atoms with E-state index in [-0.39, 0.29) is 6.10 Å². The third kappa shape index (κ3) is 5.62. The quantitative estimate of drug-likeness (QED) is 0.541. The Morgan fingerprint density at radius 2 is 1.84 bits per heavy atom. The van der Waals surface area contributed by atoms with Crippen LogP contribution in [0.25, 0.3) is 16.9 Å². The number of likely N-dealkylation sites (tertiary alicyclic amines) is 1. The summed E-state index contributed by atoms with van der Waals surface area (Å²) >= 11 is 0. The molecule has 4 rings (SSSR count). The first-order valence-electron chi connectivity index (χ1n) is 11.4. The smallest absolute Gasteiger partial charge is 0.0972 e. The average molecular weight is 419 g/mol. The van der Waals surface area contributed by atoms with Gasteiger partial charge in [-0.25, -0.2) is 4.68 Å². The van der Waals surface area contributed by atoms with Crippen LogP contribution in [-0.2, 0) is 6.54 Å². The van der Waals surface area contributed by atoms with E-state index < -0.39 is 0 Å². The number of piperidine rings is 1. The van der Waals surface area contributed by atoms with Crippen LogP contribution >= 0.6 is 0 Å². The van der Waals surface area contributed by atoms with Gasteiger partial charge in [-0.15, -0.1) is 0 Å². The van der Waals surface area contributed by atoms with E-state index in [2.05, 4.69) is 72.7 Å². The molecule has 0 amide bonds. The molecule has 0 bridgehead atoms. The number of benzene rings is 2. The predicted octanol–water partition coefficient (Wildman–Crippen LogP) is 4.09. The van der Waals surface area contributed by atoms with Crippen LogP contribution in [0.3, 0.4) is 0 Å². The second-order valence-electron chi connectivity index (χ2n) is 8.71. The normalized spacial score (nSPS) is 15.5. The van der Waals surface area contributed by atoms with Crippen LogP contribution in [0.15, 0.2) is 54.7 Å². The third-order valence-corrected chi connectivity index (χ3v) is 6.15. The van der Waals surface area contributed by atoms with Crippen molar-refractivity contribution in [3.8, 4) is 16.9 Å². The van der Waals surface area contributed by atoms with Gasteiger partial charge in [-0.1, -0.05) is 42.5 Å². The van der Waals surface area contributed by atoms with Crippen molar-refractivity contribution >= 4 is 0 Å². The molecule has 0 atom stereocenters. The van der Waals surface area contributed by atoms with E-state index in [1.165, 1.54) is 16.7 Å². The minimum Gasteiger partial charge on any atom is -0.393 e. The Kier molecular flexibility index (Phi) is 7.17.